The molecule has 0 saturated heterocycles. The smallest absolute Gasteiger partial charge is 0.337 e. The molecule has 0 bridgehead atoms. The summed E-state index contributed by atoms with van der Waals surface area (Å²) in [5.74, 6) is -1.54. The van der Waals surface area contributed by atoms with Gasteiger partial charge in [0.05, 0.1) is 6.26 Å². The van der Waals surface area contributed by atoms with Crippen LogP contribution in [0.3, 0.4) is 0 Å². The van der Waals surface area contributed by atoms with Crippen molar-refractivity contribution in [2.24, 2.45) is 0 Å². The van der Waals surface area contributed by atoms with Crippen LogP contribution in [0.2, 0.25) is 0 Å². The lowest BCUT2D eigenvalue weighted by atomic mass is 9.81. The number of aliphatic hydroxyl groups excluding tert-OH is 1. The number of aliphatic carboxylic acids is 1. The summed E-state index contributed by atoms with van der Waals surface area (Å²) in [6.07, 6.45) is 2.80. The van der Waals surface area contributed by atoms with Crippen molar-refractivity contribution >= 4 is 11.8 Å². The van der Waals surface area contributed by atoms with Crippen molar-refractivity contribution in [2.75, 3.05) is 0 Å². The second kappa shape index (κ2) is 5.61. The van der Waals surface area contributed by atoms with Gasteiger partial charge in [-0.15, -0.1) is 0 Å². The maximum absolute atomic E-state index is 11.9. The number of allylic oxidation sites excluding steroid dienone is 3. The molecule has 1 aromatic carbocycles. The molecule has 112 valence electrons. The third kappa shape index (κ3) is 2.46. The van der Waals surface area contributed by atoms with E-state index in [0.717, 1.165) is 11.6 Å². The van der Waals surface area contributed by atoms with E-state index in [4.69, 9.17) is 9.84 Å². The Balaban J connectivity index is 2.06. The molecule has 1 aliphatic heterocycles. The molecule has 0 aromatic heterocycles. The average molecular weight is 298 g/mol. The summed E-state index contributed by atoms with van der Waals surface area (Å²) < 4.78 is 5.42. The van der Waals surface area contributed by atoms with Gasteiger partial charge in [-0.25, -0.2) is 4.79 Å². The first-order valence-electron chi connectivity index (χ1n) is 6.85. The van der Waals surface area contributed by atoms with Gasteiger partial charge in [0, 0.05) is 17.9 Å². The Morgan fingerprint density at radius 3 is 2.68 bits per heavy atom. The molecule has 0 fully saturated rings. The van der Waals surface area contributed by atoms with Crippen LogP contribution in [0.4, 0.5) is 0 Å². The Morgan fingerprint density at radius 2 is 2.00 bits per heavy atom. The lowest BCUT2D eigenvalue weighted by Gasteiger charge is -2.29. The predicted octanol–water partition coefficient (Wildman–Crippen LogP) is 1.91. The highest BCUT2D eigenvalue weighted by atomic mass is 16.5. The largest absolute Gasteiger partial charge is 0.479 e. The molecular formula is C17H14O5. The second-order valence-corrected chi connectivity index (χ2v) is 5.17. The predicted molar refractivity (Wildman–Crippen MR) is 77.8 cm³/mol. The van der Waals surface area contributed by atoms with E-state index in [2.05, 4.69) is 0 Å². The molecule has 2 N–H and O–H groups in total. The average Bonchev–Trinajstić information content (AvgIpc) is 2.53. The fraction of sp³-hybridized carbons (Fsp3) is 0.176. The zero-order chi connectivity index (χ0) is 15.7. The van der Waals surface area contributed by atoms with Crippen molar-refractivity contribution in [1.29, 1.82) is 0 Å². The fourth-order valence-electron chi connectivity index (χ4n) is 2.75. The van der Waals surface area contributed by atoms with Gasteiger partial charge in [0.15, 0.2) is 11.9 Å². The van der Waals surface area contributed by atoms with Crippen LogP contribution in [0.15, 0.2) is 65.7 Å². The number of ether oxygens (including phenoxy) is 1. The van der Waals surface area contributed by atoms with E-state index < -0.39 is 12.1 Å². The van der Waals surface area contributed by atoms with Crippen LogP contribution in [0.5, 0.6) is 0 Å². The van der Waals surface area contributed by atoms with E-state index in [1.807, 2.05) is 36.4 Å². The first-order chi connectivity index (χ1) is 10.6. The van der Waals surface area contributed by atoms with Gasteiger partial charge >= 0.3 is 5.97 Å². The Bertz CT molecular complexity index is 712. The third-order valence-corrected chi connectivity index (χ3v) is 3.75. The number of rotatable bonds is 3. The molecule has 0 saturated carbocycles. The van der Waals surface area contributed by atoms with Crippen molar-refractivity contribution in [2.45, 2.75) is 18.4 Å². The normalized spacial score (nSPS) is 21.8. The number of ketones is 1. The summed E-state index contributed by atoms with van der Waals surface area (Å²) in [7, 11) is 0. The lowest BCUT2D eigenvalue weighted by Crippen LogP contribution is -2.28. The molecule has 0 radical (unpaired) electrons. The Hall–Kier alpha value is -2.66. The van der Waals surface area contributed by atoms with Crippen molar-refractivity contribution < 1.29 is 24.5 Å². The SMILES string of the molecule is O=C1C=C(C(O)C(=O)O)C2=C(C1)C(c1ccccc1)C=CO2. The van der Waals surface area contributed by atoms with Gasteiger partial charge < -0.3 is 14.9 Å². The number of benzene rings is 1. The maximum atomic E-state index is 11.9. The highest BCUT2D eigenvalue weighted by molar-refractivity contribution is 5.96. The summed E-state index contributed by atoms with van der Waals surface area (Å²) in [6.45, 7) is 0. The van der Waals surface area contributed by atoms with Crippen LogP contribution in [-0.2, 0) is 14.3 Å². The molecule has 5 nitrogen and oxygen atoms in total. The maximum Gasteiger partial charge on any atom is 0.337 e. The summed E-state index contributed by atoms with van der Waals surface area (Å²) in [5.41, 5.74) is 1.66. The van der Waals surface area contributed by atoms with Gasteiger partial charge in [-0.1, -0.05) is 30.3 Å². The van der Waals surface area contributed by atoms with E-state index in [0.29, 0.717) is 5.57 Å². The van der Waals surface area contributed by atoms with Gasteiger partial charge in [-0.05, 0) is 23.3 Å². The monoisotopic (exact) mass is 298 g/mol. The fourth-order valence-corrected chi connectivity index (χ4v) is 2.75. The molecule has 1 aliphatic carbocycles. The van der Waals surface area contributed by atoms with Crippen LogP contribution in [0, 0.1) is 0 Å². The number of carboxylic acid groups (broad SMARTS) is 1. The van der Waals surface area contributed by atoms with Gasteiger partial charge in [0.2, 0.25) is 0 Å². The molecular weight excluding hydrogens is 284 g/mol. The van der Waals surface area contributed by atoms with Crippen LogP contribution in [0.1, 0.15) is 17.9 Å². The topological polar surface area (TPSA) is 83.8 Å². The number of carbonyl (C=O) groups is 2. The quantitative estimate of drug-likeness (QED) is 0.890. The van der Waals surface area contributed by atoms with E-state index in [9.17, 15) is 14.7 Å². The van der Waals surface area contributed by atoms with Gasteiger partial charge in [0.1, 0.15) is 5.76 Å². The van der Waals surface area contributed by atoms with E-state index >= 15 is 0 Å². The number of aliphatic hydroxyl groups is 1. The molecule has 0 spiro atoms. The molecule has 22 heavy (non-hydrogen) atoms. The summed E-state index contributed by atoms with van der Waals surface area (Å²) >= 11 is 0. The molecule has 3 rings (SSSR count). The van der Waals surface area contributed by atoms with Gasteiger partial charge in [0.25, 0.3) is 0 Å². The molecule has 1 aromatic rings. The van der Waals surface area contributed by atoms with Gasteiger partial charge in [-0.2, -0.15) is 0 Å². The second-order valence-electron chi connectivity index (χ2n) is 5.17. The molecule has 1 heterocycles. The third-order valence-electron chi connectivity index (χ3n) is 3.75. The Kier molecular flexibility index (Phi) is 3.65. The van der Waals surface area contributed by atoms with Gasteiger partial charge in [-0.3, -0.25) is 4.79 Å². The summed E-state index contributed by atoms with van der Waals surface area (Å²) in [6, 6.07) is 9.55. The van der Waals surface area contributed by atoms with Crippen molar-refractivity contribution in [3.05, 3.63) is 71.2 Å². The van der Waals surface area contributed by atoms with Crippen molar-refractivity contribution in [1.82, 2.24) is 0 Å². The minimum Gasteiger partial charge on any atom is -0.479 e. The minimum atomic E-state index is -1.78. The Labute approximate surface area is 126 Å². The lowest BCUT2D eigenvalue weighted by molar-refractivity contribution is -0.144. The zero-order valence-corrected chi connectivity index (χ0v) is 11.6. The molecule has 5 heteroatoms. The first-order valence-corrected chi connectivity index (χ1v) is 6.85. The van der Waals surface area contributed by atoms with Crippen LogP contribution in [0.25, 0.3) is 0 Å². The molecule has 2 aliphatic rings. The van der Waals surface area contributed by atoms with Crippen molar-refractivity contribution in [3.8, 4) is 0 Å². The first kappa shape index (κ1) is 14.3. The molecule has 2 unspecified atom stereocenters. The number of carboxylic acids is 1. The van der Waals surface area contributed by atoms with Crippen LogP contribution >= 0.6 is 0 Å². The van der Waals surface area contributed by atoms with E-state index in [1.165, 1.54) is 6.26 Å². The number of hydrogen-bond acceptors (Lipinski definition) is 4. The van der Waals surface area contributed by atoms with E-state index in [-0.39, 0.29) is 29.5 Å². The zero-order valence-electron chi connectivity index (χ0n) is 11.6. The highest BCUT2D eigenvalue weighted by Crippen LogP contribution is 2.40. The standard InChI is InChI=1S/C17H14O5/c18-11-8-13-12(10-4-2-1-3-5-10)6-7-22-16(13)14(9-11)15(19)17(20)21/h1-7,9,12,15,19H,8H2,(H,20,21). The van der Waals surface area contributed by atoms with Crippen LogP contribution < -0.4 is 0 Å². The highest BCUT2D eigenvalue weighted by Gasteiger charge is 2.34. The van der Waals surface area contributed by atoms with Crippen LogP contribution in [-0.4, -0.2) is 28.1 Å². The number of carbonyl (C=O) groups excluding carboxylic acids is 1. The summed E-state index contributed by atoms with van der Waals surface area (Å²) in [5, 5.41) is 18.8. The van der Waals surface area contributed by atoms with Crippen molar-refractivity contribution in [3.63, 3.8) is 0 Å². The summed E-state index contributed by atoms with van der Waals surface area (Å²) in [4.78, 5) is 23.0. The molecule has 2 atom stereocenters. The minimum absolute atomic E-state index is 0.00373. The number of hydrogen-bond donors (Lipinski definition) is 2. The van der Waals surface area contributed by atoms with E-state index in [1.54, 1.807) is 0 Å². The Morgan fingerprint density at radius 1 is 1.27 bits per heavy atom. The molecule has 0 amide bonds.